The quantitative estimate of drug-likeness (QED) is 0.787. The number of hydrogen-bond donors (Lipinski definition) is 3. The van der Waals surface area contributed by atoms with E-state index >= 15 is 0 Å². The lowest BCUT2D eigenvalue weighted by Crippen LogP contribution is -2.24. The van der Waals surface area contributed by atoms with Crippen LogP contribution in [0.5, 0.6) is 0 Å². The van der Waals surface area contributed by atoms with Crippen LogP contribution in [0.1, 0.15) is 23.1 Å². The summed E-state index contributed by atoms with van der Waals surface area (Å²) in [5.74, 6) is 0.952. The summed E-state index contributed by atoms with van der Waals surface area (Å²) in [6, 6.07) is 2.44. The lowest BCUT2D eigenvalue weighted by molar-refractivity contribution is 0.100. The number of rotatable bonds is 4. The molecule has 24 heavy (non-hydrogen) atoms. The molecule has 2 atom stereocenters. The molecule has 2 aliphatic rings. The highest BCUT2D eigenvalue weighted by molar-refractivity contribution is 6.04. The van der Waals surface area contributed by atoms with E-state index in [-0.39, 0.29) is 5.56 Å². The maximum Gasteiger partial charge on any atom is 0.251 e. The number of fused-ring (bicyclic) bond motifs is 2. The van der Waals surface area contributed by atoms with Gasteiger partial charge in [-0.25, -0.2) is 9.37 Å². The Kier molecular flexibility index (Phi) is 3.35. The number of carbonyl (C=O) groups is 1. The highest BCUT2D eigenvalue weighted by atomic mass is 19.1. The third-order valence-corrected chi connectivity index (χ3v) is 5.35. The monoisotopic (exact) mass is 329 g/mol. The molecular weight excluding hydrogens is 309 g/mol. The fraction of sp³-hybridized carbons (Fsp3) is 0.412. The second-order valence-electron chi connectivity index (χ2n) is 6.63. The number of primary amides is 1. The molecule has 0 bridgehead atoms. The minimum Gasteiger partial charge on any atom is -0.404 e. The Balaban J connectivity index is 1.69. The smallest absolute Gasteiger partial charge is 0.251 e. The number of aromatic nitrogens is 2. The predicted octanol–water partition coefficient (Wildman–Crippen LogP) is 1.30. The van der Waals surface area contributed by atoms with Crippen LogP contribution in [0.25, 0.3) is 16.6 Å². The van der Waals surface area contributed by atoms with Gasteiger partial charge in [0.15, 0.2) is 0 Å². The fourth-order valence-corrected chi connectivity index (χ4v) is 4.09. The third kappa shape index (κ3) is 2.19. The number of allylic oxidation sites excluding steroid dienone is 1. The van der Waals surface area contributed by atoms with Gasteiger partial charge in [-0.05, 0) is 36.4 Å². The van der Waals surface area contributed by atoms with Gasteiger partial charge in [-0.2, -0.15) is 0 Å². The number of imidazole rings is 1. The first kappa shape index (κ1) is 15.1. The summed E-state index contributed by atoms with van der Waals surface area (Å²) < 4.78 is 13.7. The Hall–Kier alpha value is -2.41. The van der Waals surface area contributed by atoms with Crippen LogP contribution in [-0.4, -0.2) is 40.4 Å². The number of halogens is 1. The summed E-state index contributed by atoms with van der Waals surface area (Å²) in [7, 11) is 0. The van der Waals surface area contributed by atoms with E-state index in [2.05, 4.69) is 21.8 Å². The van der Waals surface area contributed by atoms with E-state index in [9.17, 15) is 9.18 Å². The molecule has 6 nitrogen and oxygen atoms in total. The maximum absolute atomic E-state index is 13.7. The largest absolute Gasteiger partial charge is 0.404 e. The van der Waals surface area contributed by atoms with Crippen molar-refractivity contribution < 1.29 is 9.18 Å². The SMILES string of the molecule is CCN1CC2C(C1)C2C(=CN)c1nc2c(C(N)=O)cc(F)cc2[nH]1. The van der Waals surface area contributed by atoms with Gasteiger partial charge in [0, 0.05) is 24.9 Å². The molecule has 2 heterocycles. The topological polar surface area (TPSA) is 101 Å². The van der Waals surface area contributed by atoms with Crippen molar-refractivity contribution in [3.8, 4) is 0 Å². The number of piperidine rings is 1. The Morgan fingerprint density at radius 3 is 2.75 bits per heavy atom. The molecule has 1 aliphatic carbocycles. The van der Waals surface area contributed by atoms with Crippen LogP contribution < -0.4 is 11.5 Å². The predicted molar refractivity (Wildman–Crippen MR) is 89.3 cm³/mol. The zero-order valence-electron chi connectivity index (χ0n) is 13.4. The van der Waals surface area contributed by atoms with E-state index in [0.717, 1.165) is 31.3 Å². The average molecular weight is 329 g/mol. The van der Waals surface area contributed by atoms with Crippen molar-refractivity contribution in [3.05, 3.63) is 35.5 Å². The molecule has 1 aromatic carbocycles. The summed E-state index contributed by atoms with van der Waals surface area (Å²) in [5.41, 5.74) is 13.1. The van der Waals surface area contributed by atoms with Crippen LogP contribution in [-0.2, 0) is 0 Å². The van der Waals surface area contributed by atoms with E-state index in [1.807, 2.05) is 0 Å². The maximum atomic E-state index is 13.7. The second-order valence-corrected chi connectivity index (χ2v) is 6.63. The van der Waals surface area contributed by atoms with Crippen molar-refractivity contribution >= 4 is 22.5 Å². The van der Waals surface area contributed by atoms with Crippen LogP contribution >= 0.6 is 0 Å². The van der Waals surface area contributed by atoms with Gasteiger partial charge in [-0.1, -0.05) is 6.92 Å². The van der Waals surface area contributed by atoms with Gasteiger partial charge in [0.1, 0.15) is 17.2 Å². The van der Waals surface area contributed by atoms with Gasteiger partial charge in [-0.15, -0.1) is 0 Å². The van der Waals surface area contributed by atoms with Gasteiger partial charge < -0.3 is 21.4 Å². The number of carbonyl (C=O) groups excluding carboxylic acids is 1. The molecule has 1 saturated carbocycles. The van der Waals surface area contributed by atoms with Crippen LogP contribution in [0.3, 0.4) is 0 Å². The molecule has 1 amide bonds. The third-order valence-electron chi connectivity index (χ3n) is 5.35. The summed E-state index contributed by atoms with van der Waals surface area (Å²) in [4.78, 5) is 21.6. The van der Waals surface area contributed by atoms with Crippen LogP contribution in [0.15, 0.2) is 18.3 Å². The first-order chi connectivity index (χ1) is 11.5. The molecule has 0 spiro atoms. The summed E-state index contributed by atoms with van der Waals surface area (Å²) >= 11 is 0. The van der Waals surface area contributed by atoms with Crippen molar-refractivity contribution in [2.24, 2.45) is 29.2 Å². The summed E-state index contributed by atoms with van der Waals surface area (Å²) in [6.07, 6.45) is 1.58. The first-order valence-electron chi connectivity index (χ1n) is 8.17. The van der Waals surface area contributed by atoms with E-state index in [0.29, 0.717) is 34.6 Å². The Labute approximate surface area is 138 Å². The number of amides is 1. The van der Waals surface area contributed by atoms with E-state index in [1.54, 1.807) is 6.20 Å². The first-order valence-corrected chi connectivity index (χ1v) is 8.17. The van der Waals surface area contributed by atoms with Crippen molar-refractivity contribution in [2.75, 3.05) is 19.6 Å². The average Bonchev–Trinajstić information content (AvgIpc) is 2.91. The van der Waals surface area contributed by atoms with Crippen molar-refractivity contribution in [1.82, 2.24) is 14.9 Å². The van der Waals surface area contributed by atoms with Gasteiger partial charge in [0.25, 0.3) is 5.91 Å². The zero-order chi connectivity index (χ0) is 17.0. The van der Waals surface area contributed by atoms with Crippen molar-refractivity contribution in [2.45, 2.75) is 6.92 Å². The number of hydrogen-bond acceptors (Lipinski definition) is 4. The molecule has 1 saturated heterocycles. The molecule has 4 rings (SSSR count). The van der Waals surface area contributed by atoms with Crippen molar-refractivity contribution in [1.29, 1.82) is 0 Å². The molecule has 2 unspecified atom stereocenters. The fourth-order valence-electron chi connectivity index (χ4n) is 4.09. The Morgan fingerprint density at radius 2 is 2.17 bits per heavy atom. The summed E-state index contributed by atoms with van der Waals surface area (Å²) in [5, 5.41) is 0. The van der Waals surface area contributed by atoms with E-state index in [4.69, 9.17) is 11.5 Å². The highest BCUT2D eigenvalue weighted by Crippen LogP contribution is 2.57. The molecule has 5 N–H and O–H groups in total. The lowest BCUT2D eigenvalue weighted by atomic mass is 10.1. The van der Waals surface area contributed by atoms with Gasteiger partial charge >= 0.3 is 0 Å². The van der Waals surface area contributed by atoms with Gasteiger partial charge in [-0.3, -0.25) is 4.79 Å². The number of nitrogens with zero attached hydrogens (tertiary/aromatic N) is 2. The minimum absolute atomic E-state index is 0.0806. The standard InChI is InChI=1S/C17H20FN5O/c1-2-23-6-11-12(7-23)14(11)10(5-19)17-21-13-4-8(18)3-9(16(20)24)15(13)22-17/h3-5,11-12,14H,2,6-7,19H2,1H3,(H2,20,24)(H,21,22). The molecule has 1 aromatic heterocycles. The molecular formula is C17H20FN5O. The molecule has 2 fully saturated rings. The molecule has 126 valence electrons. The lowest BCUT2D eigenvalue weighted by Gasteiger charge is -2.17. The van der Waals surface area contributed by atoms with Crippen LogP contribution in [0, 0.1) is 23.6 Å². The number of nitrogens with two attached hydrogens (primary N) is 2. The Morgan fingerprint density at radius 1 is 1.46 bits per heavy atom. The molecule has 2 aromatic rings. The minimum atomic E-state index is -0.697. The Bertz CT molecular complexity index is 846. The van der Waals surface area contributed by atoms with Crippen LogP contribution in [0.2, 0.25) is 0 Å². The normalized spacial score (nSPS) is 26.8. The molecule has 1 aliphatic heterocycles. The van der Waals surface area contributed by atoms with Crippen LogP contribution in [0.4, 0.5) is 4.39 Å². The number of H-pyrrole nitrogens is 1. The van der Waals surface area contributed by atoms with Gasteiger partial charge in [0.2, 0.25) is 0 Å². The number of benzene rings is 1. The van der Waals surface area contributed by atoms with E-state index in [1.165, 1.54) is 6.07 Å². The molecule has 7 heteroatoms. The summed E-state index contributed by atoms with van der Waals surface area (Å²) in [6.45, 7) is 5.38. The van der Waals surface area contributed by atoms with Gasteiger partial charge in [0.05, 0.1) is 11.1 Å². The molecule has 0 radical (unpaired) electrons. The van der Waals surface area contributed by atoms with Crippen molar-refractivity contribution in [3.63, 3.8) is 0 Å². The highest BCUT2D eigenvalue weighted by Gasteiger charge is 2.57. The number of nitrogens with one attached hydrogen (secondary N) is 1. The number of likely N-dealkylation sites (tertiary alicyclic amines) is 1. The zero-order valence-corrected chi connectivity index (χ0v) is 13.4. The number of aromatic amines is 1. The second kappa shape index (κ2) is 5.31. The van der Waals surface area contributed by atoms with E-state index < -0.39 is 11.7 Å².